The first kappa shape index (κ1) is 29.4. The Bertz CT molecular complexity index is 1150. The number of halogens is 8. The molecule has 2 rings (SSSR count). The normalized spacial score (nSPS) is 13.6. The van der Waals surface area contributed by atoms with Crippen LogP contribution in [0.5, 0.6) is 0 Å². The molecular weight excluding hydrogens is 539 g/mol. The fraction of sp³-hybridized carbons (Fsp3) is 0.318. The summed E-state index contributed by atoms with van der Waals surface area (Å²) in [4.78, 5) is 23.7. The van der Waals surface area contributed by atoms with E-state index in [1.807, 2.05) is 0 Å². The molecule has 0 saturated carbocycles. The van der Waals surface area contributed by atoms with Crippen LogP contribution in [0.4, 0.5) is 26.3 Å². The standard InChI is InChI=1S/C22H19Cl2F6N3O3/c1-11-4-12(2-3-16(11)19(35)32-9-18(34)33-10-21(25,26)27)17(31)8-20(36,22(28,29)30)13-5-14(23)7-15(24)6-13/h2-7,31,36H,8-10H2,1H3,(H,32,35)(H,33,34). The molecule has 2 aromatic rings. The van der Waals surface area contributed by atoms with E-state index in [1.54, 1.807) is 5.32 Å². The highest BCUT2D eigenvalue weighted by molar-refractivity contribution is 6.34. The molecule has 1 unspecified atom stereocenters. The van der Waals surface area contributed by atoms with Crippen molar-refractivity contribution in [2.24, 2.45) is 0 Å². The fourth-order valence-electron chi connectivity index (χ4n) is 3.14. The van der Waals surface area contributed by atoms with Gasteiger partial charge in [-0.2, -0.15) is 26.3 Å². The van der Waals surface area contributed by atoms with Crippen molar-refractivity contribution in [3.05, 3.63) is 68.7 Å². The Balaban J connectivity index is 2.18. The Hall–Kier alpha value is -2.83. The lowest BCUT2D eigenvalue weighted by atomic mass is 9.85. The SMILES string of the molecule is Cc1cc(C(=N)CC(O)(c2cc(Cl)cc(Cl)c2)C(F)(F)F)ccc1C(=O)NCC(=O)NCC(F)(F)F. The smallest absolute Gasteiger partial charge is 0.376 e. The molecule has 0 radical (unpaired) electrons. The van der Waals surface area contributed by atoms with Gasteiger partial charge in [0.05, 0.1) is 6.54 Å². The molecule has 196 valence electrons. The second-order valence-corrected chi connectivity index (χ2v) is 8.65. The molecule has 0 fully saturated rings. The van der Waals surface area contributed by atoms with E-state index in [1.165, 1.54) is 25.1 Å². The van der Waals surface area contributed by atoms with E-state index in [0.717, 1.165) is 18.2 Å². The second kappa shape index (κ2) is 11.1. The zero-order chi connectivity index (χ0) is 27.5. The number of alkyl halides is 6. The first-order valence-electron chi connectivity index (χ1n) is 9.99. The number of amides is 2. The van der Waals surface area contributed by atoms with Gasteiger partial charge in [0.15, 0.2) is 5.60 Å². The van der Waals surface area contributed by atoms with Crippen LogP contribution in [0.25, 0.3) is 0 Å². The maximum atomic E-state index is 13.9. The molecule has 14 heteroatoms. The molecule has 0 heterocycles. The quantitative estimate of drug-likeness (QED) is 0.274. The number of carbonyl (C=O) groups is 2. The molecule has 0 aromatic heterocycles. The van der Waals surface area contributed by atoms with Gasteiger partial charge in [0.2, 0.25) is 5.91 Å². The average molecular weight is 558 g/mol. The summed E-state index contributed by atoms with van der Waals surface area (Å²) in [6.07, 6.45) is -11.0. The van der Waals surface area contributed by atoms with E-state index in [9.17, 15) is 41.0 Å². The molecule has 6 nitrogen and oxygen atoms in total. The summed E-state index contributed by atoms with van der Waals surface area (Å²) >= 11 is 11.6. The number of hydrogen-bond acceptors (Lipinski definition) is 4. The van der Waals surface area contributed by atoms with Gasteiger partial charge >= 0.3 is 12.4 Å². The molecule has 36 heavy (non-hydrogen) atoms. The first-order chi connectivity index (χ1) is 16.4. The first-order valence-corrected chi connectivity index (χ1v) is 10.7. The highest BCUT2D eigenvalue weighted by Gasteiger charge is 2.55. The lowest BCUT2D eigenvalue weighted by Crippen LogP contribution is -2.44. The van der Waals surface area contributed by atoms with Gasteiger partial charge in [-0.05, 0) is 53.9 Å². The summed E-state index contributed by atoms with van der Waals surface area (Å²) in [5.41, 5.74) is -4.63. The van der Waals surface area contributed by atoms with Crippen molar-refractivity contribution in [3.63, 3.8) is 0 Å². The van der Waals surface area contributed by atoms with E-state index < -0.39 is 60.6 Å². The van der Waals surface area contributed by atoms with E-state index in [0.29, 0.717) is 0 Å². The highest BCUT2D eigenvalue weighted by Crippen LogP contribution is 2.43. The van der Waals surface area contributed by atoms with Crippen LogP contribution in [0.1, 0.15) is 33.5 Å². The third-order valence-electron chi connectivity index (χ3n) is 4.96. The van der Waals surface area contributed by atoms with Gasteiger partial charge in [0.1, 0.15) is 6.54 Å². The second-order valence-electron chi connectivity index (χ2n) is 7.78. The highest BCUT2D eigenvalue weighted by atomic mass is 35.5. The molecule has 0 spiro atoms. The zero-order valence-corrected chi connectivity index (χ0v) is 19.9. The van der Waals surface area contributed by atoms with E-state index in [4.69, 9.17) is 28.6 Å². The molecule has 0 saturated heterocycles. The fourth-order valence-corrected chi connectivity index (χ4v) is 3.67. The molecule has 0 aliphatic rings. The van der Waals surface area contributed by atoms with Crippen LogP contribution in [0.15, 0.2) is 36.4 Å². The third-order valence-corrected chi connectivity index (χ3v) is 5.39. The van der Waals surface area contributed by atoms with Crippen molar-refractivity contribution < 1.29 is 41.0 Å². The number of carbonyl (C=O) groups excluding carboxylic acids is 2. The van der Waals surface area contributed by atoms with Crippen molar-refractivity contribution in [2.75, 3.05) is 13.1 Å². The lowest BCUT2D eigenvalue weighted by Gasteiger charge is -2.31. The number of aliphatic hydroxyl groups is 1. The Morgan fingerprint density at radius 3 is 2.06 bits per heavy atom. The minimum Gasteiger partial charge on any atom is -0.376 e. The largest absolute Gasteiger partial charge is 0.421 e. The third kappa shape index (κ3) is 7.58. The van der Waals surface area contributed by atoms with Crippen molar-refractivity contribution >= 4 is 40.7 Å². The minimum atomic E-state index is -5.20. The van der Waals surface area contributed by atoms with Crippen molar-refractivity contribution in [3.8, 4) is 0 Å². The topological polar surface area (TPSA) is 102 Å². The Morgan fingerprint density at radius 1 is 0.972 bits per heavy atom. The molecule has 4 N–H and O–H groups in total. The van der Waals surface area contributed by atoms with Crippen LogP contribution in [0.3, 0.4) is 0 Å². The average Bonchev–Trinajstić information content (AvgIpc) is 2.73. The van der Waals surface area contributed by atoms with Crippen LogP contribution in [0, 0.1) is 12.3 Å². The van der Waals surface area contributed by atoms with Crippen LogP contribution < -0.4 is 10.6 Å². The number of rotatable bonds is 8. The maximum absolute atomic E-state index is 13.9. The predicted octanol–water partition coefficient (Wildman–Crippen LogP) is 4.92. The van der Waals surface area contributed by atoms with E-state index >= 15 is 0 Å². The summed E-state index contributed by atoms with van der Waals surface area (Å²) in [6.45, 7) is -0.905. The predicted molar refractivity (Wildman–Crippen MR) is 120 cm³/mol. The summed E-state index contributed by atoms with van der Waals surface area (Å²) in [6, 6.07) is 6.51. The lowest BCUT2D eigenvalue weighted by molar-refractivity contribution is -0.263. The molecular formula is C22H19Cl2F6N3O3. The maximum Gasteiger partial charge on any atom is 0.421 e. The molecule has 2 amide bonds. The van der Waals surface area contributed by atoms with Gasteiger partial charge in [0, 0.05) is 27.7 Å². The Kier molecular flexibility index (Phi) is 9.03. The number of hydrogen-bond donors (Lipinski definition) is 4. The van der Waals surface area contributed by atoms with Crippen molar-refractivity contribution in [2.45, 2.75) is 31.3 Å². The molecule has 0 aliphatic heterocycles. The zero-order valence-electron chi connectivity index (χ0n) is 18.4. The molecule has 1 atom stereocenters. The number of nitrogens with one attached hydrogen (secondary N) is 3. The Labute approximate surface area is 211 Å². The van der Waals surface area contributed by atoms with Gasteiger partial charge in [-0.25, -0.2) is 0 Å². The van der Waals surface area contributed by atoms with Crippen LogP contribution in [0.2, 0.25) is 10.0 Å². The van der Waals surface area contributed by atoms with Crippen LogP contribution in [-0.4, -0.2) is 48.1 Å². The summed E-state index contributed by atoms with van der Waals surface area (Å²) in [7, 11) is 0. The van der Waals surface area contributed by atoms with Crippen LogP contribution in [-0.2, 0) is 10.4 Å². The Morgan fingerprint density at radius 2 is 1.56 bits per heavy atom. The van der Waals surface area contributed by atoms with Gasteiger partial charge in [-0.1, -0.05) is 29.3 Å². The molecule has 2 aromatic carbocycles. The van der Waals surface area contributed by atoms with Crippen molar-refractivity contribution in [1.29, 1.82) is 5.41 Å². The molecule has 0 aliphatic carbocycles. The number of aryl methyl sites for hydroxylation is 1. The van der Waals surface area contributed by atoms with Gasteiger partial charge in [-0.3, -0.25) is 9.59 Å². The minimum absolute atomic E-state index is 0.0251. The number of benzene rings is 2. The van der Waals surface area contributed by atoms with Gasteiger partial charge in [-0.15, -0.1) is 0 Å². The van der Waals surface area contributed by atoms with Crippen LogP contribution >= 0.6 is 23.2 Å². The summed E-state index contributed by atoms with van der Waals surface area (Å²) in [5.74, 6) is -1.91. The van der Waals surface area contributed by atoms with Gasteiger partial charge < -0.3 is 21.1 Å². The van der Waals surface area contributed by atoms with Gasteiger partial charge in [0.25, 0.3) is 5.91 Å². The van der Waals surface area contributed by atoms with E-state index in [-0.39, 0.29) is 26.7 Å². The monoisotopic (exact) mass is 557 g/mol. The molecule has 0 bridgehead atoms. The van der Waals surface area contributed by atoms with Crippen molar-refractivity contribution in [1.82, 2.24) is 10.6 Å². The summed E-state index contributed by atoms with van der Waals surface area (Å²) in [5, 5.41) is 22.1. The van der Waals surface area contributed by atoms with E-state index in [2.05, 4.69) is 5.32 Å². The summed E-state index contributed by atoms with van der Waals surface area (Å²) < 4.78 is 78.0.